The highest BCUT2D eigenvalue weighted by molar-refractivity contribution is 9.10. The SMILES string of the molecule is COc1cc(NC(C)c2cc(Br)cs2)ccc1Br. The average Bonchev–Trinajstić information content (AvgIpc) is 2.78. The van der Waals surface area contributed by atoms with Gasteiger partial charge < -0.3 is 10.1 Å². The lowest BCUT2D eigenvalue weighted by Crippen LogP contribution is -2.04. The Morgan fingerprint density at radius 2 is 2.06 bits per heavy atom. The van der Waals surface area contributed by atoms with Crippen molar-refractivity contribution in [1.82, 2.24) is 0 Å². The molecule has 2 aromatic rings. The highest BCUT2D eigenvalue weighted by Crippen LogP contribution is 2.31. The number of thiophene rings is 1. The van der Waals surface area contributed by atoms with Gasteiger partial charge in [0.1, 0.15) is 5.75 Å². The molecule has 18 heavy (non-hydrogen) atoms. The summed E-state index contributed by atoms with van der Waals surface area (Å²) in [5.74, 6) is 0.833. The number of methoxy groups -OCH3 is 1. The first-order valence-electron chi connectivity index (χ1n) is 5.44. The molecule has 1 unspecified atom stereocenters. The molecule has 0 aliphatic heterocycles. The molecule has 1 N–H and O–H groups in total. The zero-order valence-electron chi connectivity index (χ0n) is 10.0. The molecular weight excluding hydrogens is 378 g/mol. The molecule has 96 valence electrons. The summed E-state index contributed by atoms with van der Waals surface area (Å²) in [4.78, 5) is 1.30. The number of hydrogen-bond acceptors (Lipinski definition) is 3. The topological polar surface area (TPSA) is 21.3 Å². The Hall–Kier alpha value is -0.520. The first-order valence-corrected chi connectivity index (χ1v) is 7.90. The van der Waals surface area contributed by atoms with E-state index in [0.29, 0.717) is 0 Å². The van der Waals surface area contributed by atoms with Crippen LogP contribution in [0.2, 0.25) is 0 Å². The van der Waals surface area contributed by atoms with E-state index < -0.39 is 0 Å². The summed E-state index contributed by atoms with van der Waals surface area (Å²) >= 11 is 8.66. The van der Waals surface area contributed by atoms with Crippen LogP contribution in [0.25, 0.3) is 0 Å². The lowest BCUT2D eigenvalue weighted by Gasteiger charge is -2.15. The van der Waals surface area contributed by atoms with E-state index in [1.165, 1.54) is 4.88 Å². The number of halogens is 2. The Bertz CT molecular complexity index is 542. The summed E-state index contributed by atoms with van der Waals surface area (Å²) in [6, 6.07) is 8.42. The Labute approximate surface area is 128 Å². The second-order valence-corrected chi connectivity index (χ2v) is 6.60. The monoisotopic (exact) mass is 389 g/mol. The van der Waals surface area contributed by atoms with Gasteiger partial charge in [-0.05, 0) is 57.0 Å². The average molecular weight is 391 g/mol. The van der Waals surface area contributed by atoms with Crippen LogP contribution in [-0.2, 0) is 0 Å². The smallest absolute Gasteiger partial charge is 0.135 e. The molecule has 1 aromatic heterocycles. The zero-order chi connectivity index (χ0) is 13.1. The zero-order valence-corrected chi connectivity index (χ0v) is 14.0. The molecule has 0 aliphatic carbocycles. The number of benzene rings is 1. The van der Waals surface area contributed by atoms with Crippen LogP contribution in [0.5, 0.6) is 5.75 Å². The molecule has 5 heteroatoms. The predicted molar refractivity (Wildman–Crippen MR) is 84.8 cm³/mol. The minimum Gasteiger partial charge on any atom is -0.495 e. The third-order valence-electron chi connectivity index (χ3n) is 2.55. The summed E-state index contributed by atoms with van der Waals surface area (Å²) in [5, 5.41) is 5.56. The highest BCUT2D eigenvalue weighted by Gasteiger charge is 2.09. The highest BCUT2D eigenvalue weighted by atomic mass is 79.9. The molecule has 0 saturated carbocycles. The lowest BCUT2D eigenvalue weighted by molar-refractivity contribution is 0.412. The molecule has 0 fully saturated rings. The molecule has 1 aromatic carbocycles. The quantitative estimate of drug-likeness (QED) is 0.748. The molecule has 0 bridgehead atoms. The van der Waals surface area contributed by atoms with Crippen LogP contribution in [0.15, 0.2) is 38.6 Å². The molecular formula is C13H13Br2NOS. The van der Waals surface area contributed by atoms with Crippen molar-refractivity contribution >= 4 is 48.9 Å². The predicted octanol–water partition coefficient (Wildman–Crippen LogP) is 5.45. The van der Waals surface area contributed by atoms with Crippen LogP contribution in [0.4, 0.5) is 5.69 Å². The number of anilines is 1. The van der Waals surface area contributed by atoms with E-state index in [9.17, 15) is 0 Å². The van der Waals surface area contributed by atoms with Gasteiger partial charge >= 0.3 is 0 Å². The maximum Gasteiger partial charge on any atom is 0.135 e. The second-order valence-electron chi connectivity index (χ2n) is 3.88. The molecule has 0 saturated heterocycles. The molecule has 2 nitrogen and oxygen atoms in total. The van der Waals surface area contributed by atoms with Gasteiger partial charge in [-0.1, -0.05) is 0 Å². The maximum absolute atomic E-state index is 5.29. The van der Waals surface area contributed by atoms with Crippen LogP contribution in [-0.4, -0.2) is 7.11 Å². The van der Waals surface area contributed by atoms with Crippen LogP contribution in [0.1, 0.15) is 17.8 Å². The van der Waals surface area contributed by atoms with E-state index in [1.54, 1.807) is 18.4 Å². The Kier molecular flexibility index (Phi) is 4.70. The van der Waals surface area contributed by atoms with Crippen LogP contribution >= 0.6 is 43.2 Å². The molecule has 0 radical (unpaired) electrons. The van der Waals surface area contributed by atoms with Crippen molar-refractivity contribution in [2.45, 2.75) is 13.0 Å². The molecule has 1 heterocycles. The molecule has 0 aliphatic rings. The standard InChI is InChI=1S/C13H13Br2NOS/c1-8(13-5-9(14)7-18-13)16-10-3-4-11(15)12(6-10)17-2/h3-8,16H,1-2H3. The Balaban J connectivity index is 2.14. The van der Waals surface area contributed by atoms with Crippen LogP contribution < -0.4 is 10.1 Å². The largest absolute Gasteiger partial charge is 0.495 e. The molecule has 1 atom stereocenters. The van der Waals surface area contributed by atoms with Gasteiger partial charge in [0.15, 0.2) is 0 Å². The van der Waals surface area contributed by atoms with E-state index in [2.05, 4.69) is 55.5 Å². The van der Waals surface area contributed by atoms with Crippen molar-refractivity contribution in [3.63, 3.8) is 0 Å². The molecule has 2 rings (SSSR count). The number of nitrogens with one attached hydrogen (secondary N) is 1. The molecule has 0 amide bonds. The van der Waals surface area contributed by atoms with Gasteiger partial charge in [-0.15, -0.1) is 11.3 Å². The summed E-state index contributed by atoms with van der Waals surface area (Å²) < 4.78 is 7.37. The minimum atomic E-state index is 0.271. The number of hydrogen-bond donors (Lipinski definition) is 1. The van der Waals surface area contributed by atoms with Crippen molar-refractivity contribution < 1.29 is 4.74 Å². The summed E-state index contributed by atoms with van der Waals surface area (Å²) in [5.41, 5.74) is 1.05. The van der Waals surface area contributed by atoms with E-state index in [1.807, 2.05) is 18.2 Å². The van der Waals surface area contributed by atoms with Crippen molar-refractivity contribution in [2.24, 2.45) is 0 Å². The van der Waals surface area contributed by atoms with Gasteiger partial charge in [0.25, 0.3) is 0 Å². The van der Waals surface area contributed by atoms with E-state index >= 15 is 0 Å². The van der Waals surface area contributed by atoms with Gasteiger partial charge in [0.2, 0.25) is 0 Å². The van der Waals surface area contributed by atoms with Gasteiger partial charge in [0.05, 0.1) is 17.6 Å². The first kappa shape index (κ1) is 13.9. The fraction of sp³-hybridized carbons (Fsp3) is 0.231. The number of ether oxygens (including phenoxy) is 1. The Morgan fingerprint density at radius 3 is 2.67 bits per heavy atom. The van der Waals surface area contributed by atoms with E-state index in [-0.39, 0.29) is 6.04 Å². The normalized spacial score (nSPS) is 12.2. The second kappa shape index (κ2) is 6.08. The summed E-state index contributed by atoms with van der Waals surface area (Å²) in [7, 11) is 1.67. The van der Waals surface area contributed by atoms with Gasteiger partial charge in [-0.3, -0.25) is 0 Å². The minimum absolute atomic E-state index is 0.271. The summed E-state index contributed by atoms with van der Waals surface area (Å²) in [6.07, 6.45) is 0. The van der Waals surface area contributed by atoms with Gasteiger partial charge in [0, 0.05) is 26.5 Å². The fourth-order valence-electron chi connectivity index (χ4n) is 1.63. The first-order chi connectivity index (χ1) is 8.60. The third kappa shape index (κ3) is 3.28. The lowest BCUT2D eigenvalue weighted by atomic mass is 10.2. The van der Waals surface area contributed by atoms with Crippen molar-refractivity contribution in [1.29, 1.82) is 0 Å². The van der Waals surface area contributed by atoms with Gasteiger partial charge in [-0.2, -0.15) is 0 Å². The number of rotatable bonds is 4. The van der Waals surface area contributed by atoms with Crippen molar-refractivity contribution in [3.8, 4) is 5.75 Å². The third-order valence-corrected chi connectivity index (χ3v) is 5.08. The van der Waals surface area contributed by atoms with Crippen molar-refractivity contribution in [3.05, 3.63) is 43.5 Å². The maximum atomic E-state index is 5.29. The van der Waals surface area contributed by atoms with E-state index in [0.717, 1.165) is 20.4 Å². The molecule has 0 spiro atoms. The fourth-order valence-corrected chi connectivity index (χ4v) is 3.49. The Morgan fingerprint density at radius 1 is 1.28 bits per heavy atom. The van der Waals surface area contributed by atoms with E-state index in [4.69, 9.17) is 4.74 Å². The van der Waals surface area contributed by atoms with Crippen LogP contribution in [0.3, 0.4) is 0 Å². The van der Waals surface area contributed by atoms with Gasteiger partial charge in [-0.25, -0.2) is 0 Å². The summed E-state index contributed by atoms with van der Waals surface area (Å²) in [6.45, 7) is 2.15. The van der Waals surface area contributed by atoms with Crippen molar-refractivity contribution in [2.75, 3.05) is 12.4 Å². The van der Waals surface area contributed by atoms with Crippen LogP contribution in [0, 0.1) is 0 Å².